The highest BCUT2D eigenvalue weighted by Gasteiger charge is 2.58. The summed E-state index contributed by atoms with van der Waals surface area (Å²) in [4.78, 5) is 46.9. The second kappa shape index (κ2) is 7.62. The van der Waals surface area contributed by atoms with Crippen LogP contribution in [0.1, 0.15) is 33.4 Å². The lowest BCUT2D eigenvalue weighted by Crippen LogP contribution is -2.36. The van der Waals surface area contributed by atoms with Gasteiger partial charge in [0.15, 0.2) is 0 Å². The van der Waals surface area contributed by atoms with Crippen LogP contribution < -0.4 is 11.2 Å². The minimum atomic E-state index is -3.77. The van der Waals surface area contributed by atoms with Gasteiger partial charge < -0.3 is 9.47 Å². The number of carbonyl (C=O) groups is 1. The Hall–Kier alpha value is -1.69. The number of carbonyl (C=O) groups excluding carboxylic acids is 1. The third-order valence-corrected chi connectivity index (χ3v) is 5.55. The van der Waals surface area contributed by atoms with Crippen molar-refractivity contribution in [1.29, 1.82) is 0 Å². The lowest BCUT2D eigenvalue weighted by Gasteiger charge is -2.26. The maximum absolute atomic E-state index is 13.5. The SMILES string of the molecule is CC(C)(C)C(=O)OCO[P+]1(O)OC[C@H]2O[C@@H](n3cc(F)c(=O)[nH]c3=O)C[C@@H]2O1. The molecule has 13 heteroatoms. The van der Waals surface area contributed by atoms with Gasteiger partial charge in [-0.1, -0.05) is 0 Å². The first-order chi connectivity index (χ1) is 13.0. The standard InChI is InChI=1S/C15H20FN2O9P/c1-15(2,3)13(20)23-7-25-28(22)24-6-10-9(27-28)4-11(26-10)18-5-8(16)12(19)17-14(18)21/h5,9-11,22H,4,6-7H2,1-3H3/p+1/t9-,10+,11+,28?/m0/s1. The van der Waals surface area contributed by atoms with E-state index in [1.54, 1.807) is 20.8 Å². The summed E-state index contributed by atoms with van der Waals surface area (Å²) >= 11 is 0. The van der Waals surface area contributed by atoms with Crippen LogP contribution in [0.5, 0.6) is 0 Å². The Balaban J connectivity index is 1.61. The summed E-state index contributed by atoms with van der Waals surface area (Å²) in [5.74, 6) is -1.67. The molecule has 2 N–H and O–H groups in total. The molecule has 1 aromatic rings. The summed E-state index contributed by atoms with van der Waals surface area (Å²) in [6.07, 6.45) is -1.46. The van der Waals surface area contributed by atoms with E-state index in [0.29, 0.717) is 0 Å². The monoisotopic (exact) mass is 423 g/mol. The predicted octanol–water partition coefficient (Wildman–Crippen LogP) is 0.612. The number of nitrogens with zero attached hydrogens (tertiary/aromatic N) is 1. The number of hydrogen-bond acceptors (Lipinski definition) is 9. The number of ether oxygens (including phenoxy) is 2. The van der Waals surface area contributed by atoms with E-state index >= 15 is 0 Å². The highest BCUT2D eigenvalue weighted by molar-refractivity contribution is 7.55. The molecule has 2 aliphatic heterocycles. The predicted molar refractivity (Wildman–Crippen MR) is 91.3 cm³/mol. The van der Waals surface area contributed by atoms with Crippen LogP contribution in [-0.4, -0.2) is 46.0 Å². The van der Waals surface area contributed by atoms with Crippen LogP contribution in [0.15, 0.2) is 15.8 Å². The van der Waals surface area contributed by atoms with Gasteiger partial charge >= 0.3 is 19.8 Å². The summed E-state index contributed by atoms with van der Waals surface area (Å²) in [6, 6.07) is 0. The van der Waals surface area contributed by atoms with Crippen molar-refractivity contribution in [1.82, 2.24) is 9.55 Å². The van der Waals surface area contributed by atoms with Gasteiger partial charge in [-0.25, -0.2) is 4.79 Å². The van der Waals surface area contributed by atoms with Gasteiger partial charge in [0, 0.05) is 6.42 Å². The van der Waals surface area contributed by atoms with Crippen molar-refractivity contribution in [2.24, 2.45) is 5.41 Å². The molecule has 0 bridgehead atoms. The quantitative estimate of drug-likeness (QED) is 0.405. The molecule has 0 amide bonds. The molecular formula is C15H21FN2O9P+. The van der Waals surface area contributed by atoms with E-state index in [2.05, 4.69) is 0 Å². The number of nitrogens with one attached hydrogen (secondary N) is 1. The summed E-state index contributed by atoms with van der Waals surface area (Å²) < 4.78 is 40.6. The highest BCUT2D eigenvalue weighted by Crippen LogP contribution is 2.63. The zero-order chi connectivity index (χ0) is 20.7. The Labute approximate surface area is 159 Å². The van der Waals surface area contributed by atoms with Crippen molar-refractivity contribution in [2.45, 2.75) is 45.6 Å². The van der Waals surface area contributed by atoms with Gasteiger partial charge in [-0.3, -0.25) is 19.1 Å². The number of halogens is 1. The third kappa shape index (κ3) is 4.48. The van der Waals surface area contributed by atoms with Crippen LogP contribution in [0, 0.1) is 11.2 Å². The minimum absolute atomic E-state index is 0.0763. The van der Waals surface area contributed by atoms with Gasteiger partial charge in [0.05, 0.1) is 11.6 Å². The molecular weight excluding hydrogens is 402 g/mol. The van der Waals surface area contributed by atoms with Crippen LogP contribution >= 0.6 is 8.17 Å². The average Bonchev–Trinajstić information content (AvgIpc) is 2.99. The Morgan fingerprint density at radius 1 is 1.43 bits per heavy atom. The van der Waals surface area contributed by atoms with Crippen molar-refractivity contribution in [2.75, 3.05) is 13.4 Å². The molecule has 2 saturated heterocycles. The number of fused-ring (bicyclic) bond motifs is 1. The molecule has 0 aromatic carbocycles. The molecule has 3 heterocycles. The summed E-state index contributed by atoms with van der Waals surface area (Å²) in [5.41, 5.74) is -2.71. The summed E-state index contributed by atoms with van der Waals surface area (Å²) in [7, 11) is -3.77. The number of hydrogen-bond donors (Lipinski definition) is 2. The molecule has 2 fully saturated rings. The normalized spacial score (nSPS) is 30.1. The van der Waals surface area contributed by atoms with Crippen molar-refractivity contribution >= 4 is 14.1 Å². The number of H-pyrrole nitrogens is 1. The van der Waals surface area contributed by atoms with Crippen LogP contribution in [0.4, 0.5) is 4.39 Å². The van der Waals surface area contributed by atoms with Crippen molar-refractivity contribution in [3.05, 3.63) is 32.9 Å². The Morgan fingerprint density at radius 3 is 2.82 bits per heavy atom. The van der Waals surface area contributed by atoms with E-state index in [0.717, 1.165) is 10.8 Å². The lowest BCUT2D eigenvalue weighted by atomic mass is 9.98. The van der Waals surface area contributed by atoms with Crippen LogP contribution in [0.2, 0.25) is 0 Å². The number of aromatic amines is 1. The molecule has 28 heavy (non-hydrogen) atoms. The van der Waals surface area contributed by atoms with Crippen molar-refractivity contribution in [3.63, 3.8) is 0 Å². The molecule has 3 rings (SSSR count). The van der Waals surface area contributed by atoms with Gasteiger partial charge in [-0.15, -0.1) is 9.05 Å². The van der Waals surface area contributed by atoms with E-state index in [4.69, 9.17) is 23.0 Å². The molecule has 2 aliphatic rings. The fourth-order valence-corrected chi connectivity index (χ4v) is 3.89. The van der Waals surface area contributed by atoms with Gasteiger partial charge in [0.25, 0.3) is 5.56 Å². The zero-order valence-corrected chi connectivity index (χ0v) is 16.3. The van der Waals surface area contributed by atoms with Gasteiger partial charge in [0.2, 0.25) is 12.6 Å². The van der Waals surface area contributed by atoms with Crippen molar-refractivity contribution in [3.8, 4) is 0 Å². The summed E-state index contributed by atoms with van der Waals surface area (Å²) in [5, 5.41) is 0. The van der Waals surface area contributed by atoms with E-state index < -0.39 is 61.8 Å². The third-order valence-electron chi connectivity index (χ3n) is 4.10. The largest absolute Gasteiger partial charge is 0.576 e. The maximum Gasteiger partial charge on any atom is 0.576 e. The molecule has 0 aliphatic carbocycles. The maximum atomic E-state index is 13.5. The first-order valence-electron chi connectivity index (χ1n) is 8.41. The van der Waals surface area contributed by atoms with Gasteiger partial charge in [0.1, 0.15) is 25.0 Å². The first kappa shape index (κ1) is 21.0. The summed E-state index contributed by atoms with van der Waals surface area (Å²) in [6.45, 7) is 4.31. The smallest absolute Gasteiger partial charge is 0.433 e. The molecule has 0 saturated carbocycles. The van der Waals surface area contributed by atoms with Crippen LogP contribution in [-0.2, 0) is 27.8 Å². The second-order valence-electron chi connectivity index (χ2n) is 7.35. The minimum Gasteiger partial charge on any atom is -0.433 e. The van der Waals surface area contributed by atoms with Crippen LogP contribution in [0.3, 0.4) is 0 Å². The molecule has 4 atom stereocenters. The molecule has 156 valence electrons. The average molecular weight is 423 g/mol. The highest BCUT2D eigenvalue weighted by atomic mass is 31.2. The number of aromatic nitrogens is 2. The molecule has 0 spiro atoms. The Morgan fingerprint density at radius 2 is 2.14 bits per heavy atom. The van der Waals surface area contributed by atoms with E-state index in [9.17, 15) is 23.7 Å². The Kier molecular flexibility index (Phi) is 5.72. The molecule has 11 nitrogen and oxygen atoms in total. The fraction of sp³-hybridized carbons (Fsp3) is 0.667. The topological polar surface area (TPSA) is 138 Å². The lowest BCUT2D eigenvalue weighted by molar-refractivity contribution is -0.163. The van der Waals surface area contributed by atoms with Crippen molar-refractivity contribution < 1.29 is 37.1 Å². The fourth-order valence-electron chi connectivity index (χ4n) is 2.61. The molecule has 0 radical (unpaired) electrons. The molecule has 1 aromatic heterocycles. The zero-order valence-electron chi connectivity index (χ0n) is 15.4. The van der Waals surface area contributed by atoms with E-state index in [1.165, 1.54) is 0 Å². The second-order valence-corrected chi connectivity index (χ2v) is 9.01. The van der Waals surface area contributed by atoms with E-state index in [1.807, 2.05) is 4.98 Å². The van der Waals surface area contributed by atoms with Crippen LogP contribution in [0.25, 0.3) is 0 Å². The van der Waals surface area contributed by atoms with Gasteiger partial charge in [-0.05, 0) is 20.8 Å². The Bertz CT molecular complexity index is 866. The van der Waals surface area contributed by atoms with E-state index in [-0.39, 0.29) is 13.0 Å². The molecule has 1 unspecified atom stereocenters. The number of rotatable bonds is 4. The first-order valence-corrected chi connectivity index (χ1v) is 9.91. The number of esters is 1. The van der Waals surface area contributed by atoms with Gasteiger partial charge in [-0.2, -0.15) is 13.8 Å².